The summed E-state index contributed by atoms with van der Waals surface area (Å²) in [6.07, 6.45) is 3.01. The monoisotopic (exact) mass is 443 g/mol. The Balaban J connectivity index is 1.29. The second-order valence-electron chi connectivity index (χ2n) is 7.45. The third-order valence-electron chi connectivity index (χ3n) is 5.35. The number of carbonyl (C=O) groups excluding carboxylic acids is 2. The van der Waals surface area contributed by atoms with E-state index in [1.165, 1.54) is 6.20 Å². The maximum atomic E-state index is 12.6. The van der Waals surface area contributed by atoms with Gasteiger partial charge in [-0.05, 0) is 24.3 Å². The lowest BCUT2D eigenvalue weighted by Gasteiger charge is -2.37. The topological polar surface area (TPSA) is 105 Å². The predicted molar refractivity (Wildman–Crippen MR) is 117 cm³/mol. The maximum absolute atomic E-state index is 12.6. The molecule has 0 bridgehead atoms. The lowest BCUT2D eigenvalue weighted by molar-refractivity contribution is -0.110. The molecule has 2 N–H and O–H groups in total. The van der Waals surface area contributed by atoms with Gasteiger partial charge in [0.15, 0.2) is 0 Å². The molecule has 10 heteroatoms. The Morgan fingerprint density at radius 2 is 2.00 bits per heavy atom. The molecule has 1 saturated heterocycles. The smallest absolute Gasteiger partial charge is 0.321 e. The van der Waals surface area contributed by atoms with Gasteiger partial charge in [0.2, 0.25) is 0 Å². The number of oxime groups is 1. The first-order chi connectivity index (χ1) is 15.0. The number of ether oxygens (including phenoxy) is 1. The number of benzene rings is 1. The summed E-state index contributed by atoms with van der Waals surface area (Å²) in [6, 6.07) is 10.3. The van der Waals surface area contributed by atoms with Gasteiger partial charge in [-0.1, -0.05) is 22.8 Å². The van der Waals surface area contributed by atoms with Gasteiger partial charge in [-0.2, -0.15) is 0 Å². The summed E-state index contributed by atoms with van der Waals surface area (Å²) in [5.41, 5.74) is 0.415. The number of rotatable bonds is 4. The number of pyridine rings is 1. The summed E-state index contributed by atoms with van der Waals surface area (Å²) in [7, 11) is 1.58. The van der Waals surface area contributed by atoms with Gasteiger partial charge in [-0.15, -0.1) is 0 Å². The number of hydrogen-bond donors (Lipinski definition) is 2. The summed E-state index contributed by atoms with van der Waals surface area (Å²) < 4.78 is 5.18. The molecule has 3 amide bonds. The Bertz CT molecular complexity index is 1000. The van der Waals surface area contributed by atoms with Crippen molar-refractivity contribution >= 4 is 40.8 Å². The van der Waals surface area contributed by atoms with Crippen LogP contribution in [0.2, 0.25) is 5.02 Å². The molecule has 0 unspecified atom stereocenters. The van der Waals surface area contributed by atoms with E-state index in [0.717, 1.165) is 0 Å². The van der Waals surface area contributed by atoms with E-state index in [1.54, 1.807) is 36.3 Å². The van der Waals surface area contributed by atoms with Crippen LogP contribution in [0, 0.1) is 0 Å². The first-order valence-corrected chi connectivity index (χ1v) is 10.2. The number of piperidine rings is 1. The van der Waals surface area contributed by atoms with Crippen molar-refractivity contribution in [3.8, 4) is 5.75 Å². The van der Waals surface area contributed by atoms with Crippen molar-refractivity contribution in [2.45, 2.75) is 24.9 Å². The molecular formula is C21H22ClN5O4. The molecule has 3 heterocycles. The Morgan fingerprint density at radius 3 is 2.71 bits per heavy atom. The second-order valence-corrected chi connectivity index (χ2v) is 7.89. The van der Waals surface area contributed by atoms with Crippen LogP contribution in [0.3, 0.4) is 0 Å². The van der Waals surface area contributed by atoms with Crippen LogP contribution >= 0.6 is 11.6 Å². The number of aromatic nitrogens is 1. The second kappa shape index (κ2) is 8.81. The van der Waals surface area contributed by atoms with Crippen molar-refractivity contribution < 1.29 is 19.2 Å². The Kier molecular flexibility index (Phi) is 5.94. The van der Waals surface area contributed by atoms with Crippen LogP contribution in [0.1, 0.15) is 19.3 Å². The van der Waals surface area contributed by atoms with Crippen LogP contribution in [-0.2, 0) is 9.63 Å². The summed E-state index contributed by atoms with van der Waals surface area (Å²) >= 11 is 5.81. The molecule has 0 radical (unpaired) electrons. The molecule has 162 valence electrons. The van der Waals surface area contributed by atoms with E-state index in [4.69, 9.17) is 21.2 Å². The zero-order valence-electron chi connectivity index (χ0n) is 16.9. The number of likely N-dealkylation sites (tertiary alicyclic amines) is 1. The number of nitrogens with zero attached hydrogens (tertiary/aromatic N) is 3. The van der Waals surface area contributed by atoms with Crippen molar-refractivity contribution in [2.24, 2.45) is 5.16 Å². The largest absolute Gasteiger partial charge is 0.497 e. The fraction of sp³-hybridized carbons (Fsp3) is 0.333. The minimum atomic E-state index is -0.563. The lowest BCUT2D eigenvalue weighted by atomic mass is 9.87. The molecule has 0 aliphatic carbocycles. The van der Waals surface area contributed by atoms with Gasteiger partial charge in [0.05, 0.1) is 12.1 Å². The van der Waals surface area contributed by atoms with Crippen molar-refractivity contribution in [3.63, 3.8) is 0 Å². The molecule has 9 nitrogen and oxygen atoms in total. The van der Waals surface area contributed by atoms with Crippen molar-refractivity contribution in [1.82, 2.24) is 9.88 Å². The van der Waals surface area contributed by atoms with E-state index in [2.05, 4.69) is 20.8 Å². The first-order valence-electron chi connectivity index (χ1n) is 9.84. The fourth-order valence-electron chi connectivity index (χ4n) is 3.57. The van der Waals surface area contributed by atoms with E-state index in [9.17, 15) is 9.59 Å². The van der Waals surface area contributed by atoms with Crippen LogP contribution in [0.5, 0.6) is 5.75 Å². The Morgan fingerprint density at radius 1 is 1.19 bits per heavy atom. The number of anilines is 2. The quantitative estimate of drug-likeness (QED) is 0.752. The molecule has 1 spiro atoms. The van der Waals surface area contributed by atoms with E-state index in [-0.39, 0.29) is 11.9 Å². The summed E-state index contributed by atoms with van der Waals surface area (Å²) in [5.74, 6) is 0.707. The van der Waals surface area contributed by atoms with Crippen molar-refractivity contribution in [1.29, 1.82) is 0 Å². The molecule has 1 fully saturated rings. The average Bonchev–Trinajstić information content (AvgIpc) is 3.19. The zero-order valence-corrected chi connectivity index (χ0v) is 17.7. The summed E-state index contributed by atoms with van der Waals surface area (Å²) in [4.78, 5) is 36.5. The number of methoxy groups -OCH3 is 1. The van der Waals surface area contributed by atoms with Gasteiger partial charge in [-0.25, -0.2) is 9.78 Å². The number of hydrogen-bond acceptors (Lipinski definition) is 6. The molecular weight excluding hydrogens is 422 g/mol. The molecule has 31 heavy (non-hydrogen) atoms. The van der Waals surface area contributed by atoms with Gasteiger partial charge in [-0.3, -0.25) is 4.79 Å². The molecule has 0 saturated carbocycles. The molecule has 2 aliphatic rings. The SMILES string of the molecule is COc1cccc(NC(=O)N2CCC3(CC2)CC(C(=O)Nc2ccc(Cl)cn2)=NO3)c1. The van der Waals surface area contributed by atoms with Gasteiger partial charge in [0.1, 0.15) is 22.9 Å². The Hall–Kier alpha value is -3.33. The highest BCUT2D eigenvalue weighted by molar-refractivity contribution is 6.43. The number of amides is 3. The van der Waals surface area contributed by atoms with Crippen LogP contribution in [0.4, 0.5) is 16.3 Å². The van der Waals surface area contributed by atoms with Gasteiger partial charge in [0, 0.05) is 50.3 Å². The third kappa shape index (κ3) is 4.88. The maximum Gasteiger partial charge on any atom is 0.321 e. The van der Waals surface area contributed by atoms with Crippen molar-refractivity contribution in [3.05, 3.63) is 47.6 Å². The van der Waals surface area contributed by atoms with E-state index >= 15 is 0 Å². The highest BCUT2D eigenvalue weighted by Crippen LogP contribution is 2.35. The van der Waals surface area contributed by atoms with Crippen molar-refractivity contribution in [2.75, 3.05) is 30.8 Å². The standard InChI is InChI=1S/C21H22ClN5O4/c1-30-16-4-2-3-15(11-16)24-20(29)27-9-7-21(8-10-27)12-17(26-31-21)19(28)25-18-6-5-14(22)13-23-18/h2-6,11,13H,7-10,12H2,1H3,(H,24,29)(H,23,25,28). The molecule has 1 aromatic heterocycles. The minimum absolute atomic E-state index is 0.186. The molecule has 0 atom stereocenters. The van der Waals surface area contributed by atoms with Gasteiger partial charge >= 0.3 is 6.03 Å². The molecule has 1 aromatic carbocycles. The Labute approximate surface area is 184 Å². The zero-order chi connectivity index (χ0) is 21.8. The van der Waals surface area contributed by atoms with E-state index < -0.39 is 5.60 Å². The summed E-state index contributed by atoms with van der Waals surface area (Å²) in [6.45, 7) is 0.998. The first kappa shape index (κ1) is 20.9. The predicted octanol–water partition coefficient (Wildman–Crippen LogP) is 3.53. The van der Waals surface area contributed by atoms with Gasteiger partial charge in [0.25, 0.3) is 5.91 Å². The van der Waals surface area contributed by atoms with Gasteiger partial charge < -0.3 is 25.1 Å². The highest BCUT2D eigenvalue weighted by atomic mass is 35.5. The summed E-state index contributed by atoms with van der Waals surface area (Å²) in [5, 5.41) is 10.1. The molecule has 4 rings (SSSR count). The van der Waals surface area contributed by atoms with Crippen LogP contribution < -0.4 is 15.4 Å². The van der Waals surface area contributed by atoms with Crippen LogP contribution in [0.25, 0.3) is 0 Å². The number of carbonyl (C=O) groups is 2. The number of halogens is 1. The molecule has 2 aromatic rings. The lowest BCUT2D eigenvalue weighted by Crippen LogP contribution is -2.48. The van der Waals surface area contributed by atoms with E-state index in [0.29, 0.717) is 60.3 Å². The fourth-order valence-corrected chi connectivity index (χ4v) is 3.68. The average molecular weight is 444 g/mol. The van der Waals surface area contributed by atoms with Crippen LogP contribution in [-0.4, -0.2) is 53.3 Å². The number of nitrogens with one attached hydrogen (secondary N) is 2. The number of urea groups is 1. The van der Waals surface area contributed by atoms with E-state index in [1.807, 2.05) is 12.1 Å². The van der Waals surface area contributed by atoms with Crippen LogP contribution in [0.15, 0.2) is 47.8 Å². The minimum Gasteiger partial charge on any atom is -0.497 e. The normalized spacial score (nSPS) is 17.0. The third-order valence-corrected chi connectivity index (χ3v) is 5.58. The highest BCUT2D eigenvalue weighted by Gasteiger charge is 2.44. The molecule has 2 aliphatic heterocycles.